The highest BCUT2D eigenvalue weighted by molar-refractivity contribution is 6.01. The average Bonchev–Trinajstić information content (AvgIpc) is 2.86. The number of carbonyl (C=O) groups is 3. The molecule has 0 saturated carbocycles. The number of amides is 3. The molecule has 3 amide bonds. The summed E-state index contributed by atoms with van der Waals surface area (Å²) in [6, 6.07) is 8.62. The van der Waals surface area contributed by atoms with Crippen molar-refractivity contribution in [3.63, 3.8) is 0 Å². The van der Waals surface area contributed by atoms with Crippen LogP contribution in [0.1, 0.15) is 69.8 Å². The lowest BCUT2D eigenvalue weighted by Crippen LogP contribution is -2.49. The Hall–Kier alpha value is -2.61. The lowest BCUT2D eigenvalue weighted by molar-refractivity contribution is -0.133. The van der Waals surface area contributed by atoms with E-state index in [1.807, 2.05) is 17.0 Å². The monoisotopic (exact) mass is 470 g/mol. The number of hydrogen-bond acceptors (Lipinski definition) is 6. The summed E-state index contributed by atoms with van der Waals surface area (Å²) in [4.78, 5) is 39.9. The number of likely N-dealkylation sites (tertiary alicyclic amines) is 2. The number of benzene rings is 1. The second-order valence-electron chi connectivity index (χ2n) is 9.77. The highest BCUT2D eigenvalue weighted by atomic mass is 16.6. The van der Waals surface area contributed by atoms with Crippen LogP contribution in [0.3, 0.4) is 0 Å². The Labute approximate surface area is 202 Å². The van der Waals surface area contributed by atoms with Gasteiger partial charge in [0.05, 0.1) is 6.61 Å². The maximum absolute atomic E-state index is 12.2. The van der Waals surface area contributed by atoms with Gasteiger partial charge in [-0.25, -0.2) is 4.79 Å². The lowest BCUT2D eigenvalue weighted by Gasteiger charge is -2.41. The van der Waals surface area contributed by atoms with Crippen LogP contribution in [-0.4, -0.2) is 72.6 Å². The van der Waals surface area contributed by atoms with Gasteiger partial charge in [-0.2, -0.15) is 0 Å². The van der Waals surface area contributed by atoms with Crippen LogP contribution in [0.4, 0.5) is 10.5 Å². The Morgan fingerprint density at radius 1 is 1.03 bits per heavy atom. The molecule has 2 N–H and O–H groups in total. The molecule has 8 heteroatoms. The van der Waals surface area contributed by atoms with Crippen LogP contribution < -0.4 is 10.6 Å². The zero-order chi connectivity index (χ0) is 23.9. The molecule has 0 radical (unpaired) electrons. The minimum absolute atomic E-state index is 0.152. The number of rotatable bonds is 7. The van der Waals surface area contributed by atoms with E-state index in [9.17, 15) is 14.4 Å². The summed E-state index contributed by atoms with van der Waals surface area (Å²) in [5.74, 6) is 0.113. The van der Waals surface area contributed by atoms with E-state index in [4.69, 9.17) is 4.74 Å². The summed E-state index contributed by atoms with van der Waals surface area (Å²) in [6.07, 6.45) is 7.04. The van der Waals surface area contributed by atoms with Gasteiger partial charge in [-0.3, -0.25) is 14.9 Å². The Morgan fingerprint density at radius 3 is 2.38 bits per heavy atom. The molecule has 3 aliphatic rings. The second kappa shape index (κ2) is 11.7. The summed E-state index contributed by atoms with van der Waals surface area (Å²) >= 11 is 0. The van der Waals surface area contributed by atoms with Gasteiger partial charge in [0.15, 0.2) is 0 Å². The molecule has 1 unspecified atom stereocenters. The Kier molecular flexibility index (Phi) is 8.43. The zero-order valence-electron chi connectivity index (χ0n) is 20.3. The van der Waals surface area contributed by atoms with Crippen LogP contribution in [0.2, 0.25) is 0 Å². The van der Waals surface area contributed by atoms with E-state index in [0.717, 1.165) is 70.4 Å². The molecule has 0 bridgehead atoms. The maximum Gasteiger partial charge on any atom is 0.409 e. The molecule has 186 valence electrons. The minimum Gasteiger partial charge on any atom is -0.449 e. The van der Waals surface area contributed by atoms with Crippen LogP contribution in [0.5, 0.6) is 0 Å². The molecule has 0 aromatic heterocycles. The molecule has 8 nitrogen and oxygen atoms in total. The number of piperidine rings is 3. The molecule has 1 aromatic carbocycles. The summed E-state index contributed by atoms with van der Waals surface area (Å²) in [5, 5.41) is 5.64. The molecule has 34 heavy (non-hydrogen) atoms. The van der Waals surface area contributed by atoms with E-state index in [0.29, 0.717) is 31.4 Å². The van der Waals surface area contributed by atoms with Crippen molar-refractivity contribution in [1.29, 1.82) is 0 Å². The predicted octanol–water partition coefficient (Wildman–Crippen LogP) is 3.48. The van der Waals surface area contributed by atoms with Crippen molar-refractivity contribution in [1.82, 2.24) is 15.1 Å². The summed E-state index contributed by atoms with van der Waals surface area (Å²) < 4.78 is 5.36. The molecule has 0 aliphatic carbocycles. The van der Waals surface area contributed by atoms with Crippen LogP contribution in [0, 0.1) is 0 Å². The van der Waals surface area contributed by atoms with Gasteiger partial charge in [-0.1, -0.05) is 25.5 Å². The fourth-order valence-electron chi connectivity index (χ4n) is 5.29. The summed E-state index contributed by atoms with van der Waals surface area (Å²) in [5.41, 5.74) is 2.26. The molecule has 1 aromatic rings. The first kappa shape index (κ1) is 24.5. The second-order valence-corrected chi connectivity index (χ2v) is 9.77. The van der Waals surface area contributed by atoms with Crippen molar-refractivity contribution in [2.75, 3.05) is 38.1 Å². The molecular weight excluding hydrogens is 432 g/mol. The van der Waals surface area contributed by atoms with Gasteiger partial charge in [-0.15, -0.1) is 0 Å². The lowest BCUT2D eigenvalue weighted by atomic mass is 9.88. The number of ether oxygens (including phenoxy) is 1. The number of imide groups is 1. The number of anilines is 1. The molecule has 3 aliphatic heterocycles. The third-order valence-electron chi connectivity index (χ3n) is 7.45. The van der Waals surface area contributed by atoms with E-state index < -0.39 is 0 Å². The molecule has 3 fully saturated rings. The van der Waals surface area contributed by atoms with E-state index in [2.05, 4.69) is 34.6 Å². The molecule has 4 rings (SSSR count). The fraction of sp³-hybridized carbons (Fsp3) is 0.654. The Morgan fingerprint density at radius 2 is 1.74 bits per heavy atom. The van der Waals surface area contributed by atoms with E-state index >= 15 is 0 Å². The standard InChI is InChI=1S/C26H38N4O4/c1-2-3-18-34-26(33)30-16-12-22(13-17-30)29-14-10-20(11-15-29)19-4-6-21(7-5-19)27-23-8-9-24(31)28-25(23)32/h4-7,20,22-23,27H,2-3,8-18H2,1H3,(H,28,31,32). The number of unbranched alkanes of at least 4 members (excludes halogenated alkanes) is 1. The number of nitrogens with one attached hydrogen (secondary N) is 2. The topological polar surface area (TPSA) is 91.0 Å². The molecule has 3 heterocycles. The van der Waals surface area contributed by atoms with Crippen molar-refractivity contribution in [3.05, 3.63) is 29.8 Å². The van der Waals surface area contributed by atoms with Gasteiger partial charge < -0.3 is 19.9 Å². The number of nitrogens with zero attached hydrogens (tertiary/aromatic N) is 2. The predicted molar refractivity (Wildman–Crippen MR) is 131 cm³/mol. The highest BCUT2D eigenvalue weighted by Crippen LogP contribution is 2.31. The smallest absolute Gasteiger partial charge is 0.409 e. The van der Waals surface area contributed by atoms with Crippen LogP contribution in [0.15, 0.2) is 24.3 Å². The van der Waals surface area contributed by atoms with Gasteiger partial charge in [-0.05, 0) is 75.2 Å². The normalized spacial score (nSPS) is 23.0. The van der Waals surface area contributed by atoms with E-state index in [1.54, 1.807) is 0 Å². The number of hydrogen-bond donors (Lipinski definition) is 2. The molecular formula is C26H38N4O4. The summed E-state index contributed by atoms with van der Waals surface area (Å²) in [7, 11) is 0. The van der Waals surface area contributed by atoms with Gasteiger partial charge in [0.2, 0.25) is 11.8 Å². The SMILES string of the molecule is CCCCOC(=O)N1CCC(N2CCC(c3ccc(NC4CCC(=O)NC4=O)cc3)CC2)CC1. The molecule has 3 saturated heterocycles. The quantitative estimate of drug-likeness (QED) is 0.468. The summed E-state index contributed by atoms with van der Waals surface area (Å²) in [6.45, 7) is 6.38. The van der Waals surface area contributed by atoms with Crippen molar-refractivity contribution >= 4 is 23.6 Å². The van der Waals surface area contributed by atoms with E-state index in [1.165, 1.54) is 5.56 Å². The van der Waals surface area contributed by atoms with Crippen molar-refractivity contribution in [2.24, 2.45) is 0 Å². The average molecular weight is 471 g/mol. The minimum atomic E-state index is -0.351. The zero-order valence-corrected chi connectivity index (χ0v) is 20.3. The van der Waals surface area contributed by atoms with E-state index in [-0.39, 0.29) is 23.9 Å². The van der Waals surface area contributed by atoms with Crippen LogP contribution >= 0.6 is 0 Å². The third kappa shape index (κ3) is 6.29. The first-order valence-corrected chi connectivity index (χ1v) is 12.9. The fourth-order valence-corrected chi connectivity index (χ4v) is 5.29. The van der Waals surface area contributed by atoms with Crippen LogP contribution in [0.25, 0.3) is 0 Å². The first-order valence-electron chi connectivity index (χ1n) is 12.9. The van der Waals surface area contributed by atoms with Crippen molar-refractivity contribution in [2.45, 2.75) is 76.3 Å². The van der Waals surface area contributed by atoms with Crippen LogP contribution in [-0.2, 0) is 14.3 Å². The maximum atomic E-state index is 12.2. The van der Waals surface area contributed by atoms with Gasteiger partial charge in [0.1, 0.15) is 6.04 Å². The Balaban J connectivity index is 1.19. The highest BCUT2D eigenvalue weighted by Gasteiger charge is 2.31. The third-order valence-corrected chi connectivity index (χ3v) is 7.45. The Bertz CT molecular complexity index is 843. The largest absolute Gasteiger partial charge is 0.449 e. The van der Waals surface area contributed by atoms with Crippen molar-refractivity contribution < 1.29 is 19.1 Å². The molecule has 1 atom stereocenters. The molecule has 0 spiro atoms. The van der Waals surface area contributed by atoms with Gasteiger partial charge in [0, 0.05) is 31.2 Å². The first-order chi connectivity index (χ1) is 16.5. The van der Waals surface area contributed by atoms with Crippen molar-refractivity contribution in [3.8, 4) is 0 Å². The van der Waals surface area contributed by atoms with Gasteiger partial charge >= 0.3 is 6.09 Å². The number of carbonyl (C=O) groups excluding carboxylic acids is 3. The van der Waals surface area contributed by atoms with Gasteiger partial charge in [0.25, 0.3) is 0 Å².